The molecule has 0 spiro atoms. The van der Waals surface area contributed by atoms with E-state index in [0.717, 1.165) is 19.6 Å². The molecule has 0 radical (unpaired) electrons. The van der Waals surface area contributed by atoms with Crippen molar-refractivity contribution >= 4 is 11.8 Å². The van der Waals surface area contributed by atoms with E-state index in [4.69, 9.17) is 0 Å². The molecule has 1 unspecified atom stereocenters. The second-order valence-corrected chi connectivity index (χ2v) is 6.35. The summed E-state index contributed by atoms with van der Waals surface area (Å²) in [6, 6.07) is 7.04. The average Bonchev–Trinajstić information content (AvgIpc) is 2.39. The van der Waals surface area contributed by atoms with Crippen LogP contribution in [0.2, 0.25) is 0 Å². The van der Waals surface area contributed by atoms with Crippen molar-refractivity contribution in [1.82, 2.24) is 10.6 Å². The molecule has 2 heterocycles. The van der Waals surface area contributed by atoms with Crippen LogP contribution in [0.3, 0.4) is 0 Å². The molecule has 92 valence electrons. The Hall–Kier alpha value is -0.510. The summed E-state index contributed by atoms with van der Waals surface area (Å²) in [5.41, 5.74) is 3.09. The van der Waals surface area contributed by atoms with Crippen molar-refractivity contribution in [2.75, 3.05) is 25.4 Å². The Balaban J connectivity index is 1.92. The molecule has 0 amide bonds. The number of benzene rings is 1. The number of aryl methyl sites for hydroxylation is 1. The SMILES string of the molecule is CC1(c2ccc3c(c2)CCCS3)CNCCN1. The quantitative estimate of drug-likeness (QED) is 0.796. The Labute approximate surface area is 108 Å². The predicted octanol–water partition coefficient (Wildman–Crippen LogP) is 2.13. The summed E-state index contributed by atoms with van der Waals surface area (Å²) in [6.07, 6.45) is 2.57. The fourth-order valence-corrected chi connectivity index (χ4v) is 3.75. The van der Waals surface area contributed by atoms with Gasteiger partial charge in [0.1, 0.15) is 0 Å². The highest BCUT2D eigenvalue weighted by Gasteiger charge is 2.28. The monoisotopic (exact) mass is 248 g/mol. The van der Waals surface area contributed by atoms with Crippen LogP contribution in [0.25, 0.3) is 0 Å². The zero-order valence-corrected chi connectivity index (χ0v) is 11.2. The predicted molar refractivity (Wildman–Crippen MR) is 73.7 cm³/mol. The molecule has 0 saturated carbocycles. The summed E-state index contributed by atoms with van der Waals surface area (Å²) in [7, 11) is 0. The molecule has 17 heavy (non-hydrogen) atoms. The molecule has 1 aromatic carbocycles. The smallest absolute Gasteiger partial charge is 0.0532 e. The van der Waals surface area contributed by atoms with Gasteiger partial charge < -0.3 is 10.6 Å². The van der Waals surface area contributed by atoms with Crippen LogP contribution in [0.15, 0.2) is 23.1 Å². The van der Waals surface area contributed by atoms with Gasteiger partial charge in [0, 0.05) is 24.5 Å². The van der Waals surface area contributed by atoms with E-state index >= 15 is 0 Å². The van der Waals surface area contributed by atoms with Crippen LogP contribution in [-0.4, -0.2) is 25.4 Å². The number of thioether (sulfide) groups is 1. The largest absolute Gasteiger partial charge is 0.313 e. The minimum absolute atomic E-state index is 0.107. The van der Waals surface area contributed by atoms with Crippen LogP contribution in [0, 0.1) is 0 Å². The zero-order valence-electron chi connectivity index (χ0n) is 10.4. The van der Waals surface area contributed by atoms with Crippen LogP contribution < -0.4 is 10.6 Å². The van der Waals surface area contributed by atoms with Crippen LogP contribution >= 0.6 is 11.8 Å². The summed E-state index contributed by atoms with van der Waals surface area (Å²) in [5.74, 6) is 1.28. The fourth-order valence-electron chi connectivity index (χ4n) is 2.74. The Morgan fingerprint density at radius 1 is 1.29 bits per heavy atom. The van der Waals surface area contributed by atoms with Gasteiger partial charge in [-0.3, -0.25) is 0 Å². The molecule has 0 bridgehead atoms. The van der Waals surface area contributed by atoms with Gasteiger partial charge in [0.2, 0.25) is 0 Å². The summed E-state index contributed by atoms with van der Waals surface area (Å²) in [6.45, 7) is 5.47. The van der Waals surface area contributed by atoms with E-state index in [9.17, 15) is 0 Å². The Kier molecular flexibility index (Phi) is 3.16. The lowest BCUT2D eigenvalue weighted by atomic mass is 9.88. The molecule has 2 aliphatic rings. The summed E-state index contributed by atoms with van der Waals surface area (Å²) in [4.78, 5) is 1.49. The average molecular weight is 248 g/mol. The van der Waals surface area contributed by atoms with Crippen LogP contribution in [0.5, 0.6) is 0 Å². The Morgan fingerprint density at radius 3 is 3.06 bits per heavy atom. The highest BCUT2D eigenvalue weighted by atomic mass is 32.2. The van der Waals surface area contributed by atoms with E-state index in [1.807, 2.05) is 11.8 Å². The van der Waals surface area contributed by atoms with Gasteiger partial charge in [-0.05, 0) is 42.7 Å². The molecule has 2 N–H and O–H groups in total. The molecule has 1 atom stereocenters. The van der Waals surface area contributed by atoms with Gasteiger partial charge in [0.05, 0.1) is 5.54 Å². The van der Waals surface area contributed by atoms with Crippen molar-refractivity contribution in [3.63, 3.8) is 0 Å². The molecule has 0 aliphatic carbocycles. The van der Waals surface area contributed by atoms with E-state index in [2.05, 4.69) is 35.8 Å². The van der Waals surface area contributed by atoms with Gasteiger partial charge >= 0.3 is 0 Å². The molecular formula is C14H20N2S. The normalized spacial score (nSPS) is 28.8. The number of piperazine rings is 1. The highest BCUT2D eigenvalue weighted by Crippen LogP contribution is 2.33. The lowest BCUT2D eigenvalue weighted by molar-refractivity contribution is 0.302. The van der Waals surface area contributed by atoms with Crippen molar-refractivity contribution in [2.45, 2.75) is 30.2 Å². The third kappa shape index (κ3) is 2.24. The van der Waals surface area contributed by atoms with Gasteiger partial charge in [0.25, 0.3) is 0 Å². The number of nitrogens with one attached hydrogen (secondary N) is 2. The Bertz CT molecular complexity index is 411. The summed E-state index contributed by atoms with van der Waals surface area (Å²) in [5, 5.41) is 7.14. The van der Waals surface area contributed by atoms with Gasteiger partial charge in [-0.2, -0.15) is 0 Å². The van der Waals surface area contributed by atoms with Crippen LogP contribution in [0.1, 0.15) is 24.5 Å². The third-order valence-electron chi connectivity index (χ3n) is 3.84. The topological polar surface area (TPSA) is 24.1 Å². The van der Waals surface area contributed by atoms with E-state index in [0.29, 0.717) is 0 Å². The first-order valence-corrected chi connectivity index (χ1v) is 7.48. The summed E-state index contributed by atoms with van der Waals surface area (Å²) < 4.78 is 0. The van der Waals surface area contributed by atoms with E-state index in [1.54, 1.807) is 5.56 Å². The lowest BCUT2D eigenvalue weighted by Crippen LogP contribution is -2.55. The standard InChI is InChI=1S/C14H20N2S/c1-14(10-15-6-7-16-14)12-4-5-13-11(9-12)3-2-8-17-13/h4-5,9,15-16H,2-3,6-8,10H2,1H3. The highest BCUT2D eigenvalue weighted by molar-refractivity contribution is 7.99. The van der Waals surface area contributed by atoms with Crippen LogP contribution in [0.4, 0.5) is 0 Å². The van der Waals surface area contributed by atoms with Gasteiger partial charge in [0.15, 0.2) is 0 Å². The molecule has 1 aromatic rings. The summed E-state index contributed by atoms with van der Waals surface area (Å²) >= 11 is 2.01. The first-order valence-electron chi connectivity index (χ1n) is 6.50. The van der Waals surface area contributed by atoms with Crippen LogP contribution in [-0.2, 0) is 12.0 Å². The number of hydrogen-bond donors (Lipinski definition) is 2. The van der Waals surface area contributed by atoms with E-state index < -0.39 is 0 Å². The maximum Gasteiger partial charge on any atom is 0.0532 e. The molecule has 3 heteroatoms. The maximum atomic E-state index is 3.65. The fraction of sp³-hybridized carbons (Fsp3) is 0.571. The molecule has 2 nitrogen and oxygen atoms in total. The number of rotatable bonds is 1. The molecule has 0 aromatic heterocycles. The molecule has 1 fully saturated rings. The lowest BCUT2D eigenvalue weighted by Gasteiger charge is -2.36. The Morgan fingerprint density at radius 2 is 2.24 bits per heavy atom. The third-order valence-corrected chi connectivity index (χ3v) is 5.04. The van der Waals surface area contributed by atoms with Crippen molar-refractivity contribution in [3.05, 3.63) is 29.3 Å². The first kappa shape index (κ1) is 11.6. The molecule has 2 aliphatic heterocycles. The second-order valence-electron chi connectivity index (χ2n) is 5.21. The minimum Gasteiger partial charge on any atom is -0.313 e. The van der Waals surface area contributed by atoms with Crippen molar-refractivity contribution < 1.29 is 0 Å². The number of hydrogen-bond acceptors (Lipinski definition) is 3. The van der Waals surface area contributed by atoms with Crippen molar-refractivity contribution in [2.24, 2.45) is 0 Å². The molecular weight excluding hydrogens is 228 g/mol. The molecule has 3 rings (SSSR count). The van der Waals surface area contributed by atoms with E-state index in [1.165, 1.54) is 29.1 Å². The zero-order chi connectivity index (χ0) is 11.7. The molecule has 1 saturated heterocycles. The number of fused-ring (bicyclic) bond motifs is 1. The van der Waals surface area contributed by atoms with E-state index in [-0.39, 0.29) is 5.54 Å². The van der Waals surface area contributed by atoms with Crippen molar-refractivity contribution in [1.29, 1.82) is 0 Å². The van der Waals surface area contributed by atoms with Crippen molar-refractivity contribution in [3.8, 4) is 0 Å². The second kappa shape index (κ2) is 4.63. The van der Waals surface area contributed by atoms with Gasteiger partial charge in [-0.25, -0.2) is 0 Å². The first-order chi connectivity index (χ1) is 8.28. The maximum absolute atomic E-state index is 3.65. The van der Waals surface area contributed by atoms with Gasteiger partial charge in [-0.15, -0.1) is 11.8 Å². The van der Waals surface area contributed by atoms with Gasteiger partial charge in [-0.1, -0.05) is 12.1 Å². The minimum atomic E-state index is 0.107.